The predicted molar refractivity (Wildman–Crippen MR) is 128 cm³/mol. The van der Waals surface area contributed by atoms with E-state index in [2.05, 4.69) is 36.2 Å². The highest BCUT2D eigenvalue weighted by Crippen LogP contribution is 2.31. The highest BCUT2D eigenvalue weighted by atomic mass is 16.2. The van der Waals surface area contributed by atoms with E-state index >= 15 is 0 Å². The van der Waals surface area contributed by atoms with Crippen molar-refractivity contribution in [2.45, 2.75) is 45.6 Å². The molecule has 0 radical (unpaired) electrons. The van der Waals surface area contributed by atoms with Gasteiger partial charge in [0.2, 0.25) is 11.8 Å². The van der Waals surface area contributed by atoms with Crippen molar-refractivity contribution in [3.05, 3.63) is 71.9 Å². The fourth-order valence-electron chi connectivity index (χ4n) is 4.16. The zero-order valence-corrected chi connectivity index (χ0v) is 18.9. The molecule has 1 heterocycles. The van der Waals surface area contributed by atoms with Crippen LogP contribution in [0.2, 0.25) is 0 Å². The number of nitrogens with zero attached hydrogens (tertiary/aromatic N) is 2. The minimum atomic E-state index is 0.0267. The molecule has 5 nitrogen and oxygen atoms in total. The lowest BCUT2D eigenvalue weighted by atomic mass is 10.1. The summed E-state index contributed by atoms with van der Waals surface area (Å²) in [5.74, 6) is 0.315. The number of hydrogen-bond acceptors (Lipinski definition) is 2. The number of para-hydroxylation sites is 1. The van der Waals surface area contributed by atoms with Crippen LogP contribution in [0.3, 0.4) is 0 Å². The van der Waals surface area contributed by atoms with Crippen molar-refractivity contribution in [3.63, 3.8) is 0 Å². The van der Waals surface area contributed by atoms with Crippen LogP contribution >= 0.6 is 0 Å². The number of hydrogen-bond donors (Lipinski definition) is 1. The molecule has 0 aliphatic heterocycles. The van der Waals surface area contributed by atoms with Gasteiger partial charge in [-0.1, -0.05) is 61.9 Å². The van der Waals surface area contributed by atoms with Crippen LogP contribution in [0.1, 0.15) is 43.7 Å². The third kappa shape index (κ3) is 5.58. The number of aromatic nitrogens is 1. The molecule has 1 fully saturated rings. The monoisotopic (exact) mass is 431 g/mol. The van der Waals surface area contributed by atoms with Gasteiger partial charge in [-0.15, -0.1) is 0 Å². The Labute approximate surface area is 190 Å². The molecule has 1 N–H and O–H groups in total. The van der Waals surface area contributed by atoms with Crippen LogP contribution in [0, 0.1) is 5.92 Å². The number of benzene rings is 2. The first-order valence-corrected chi connectivity index (χ1v) is 11.8. The third-order valence-electron chi connectivity index (χ3n) is 6.24. The lowest BCUT2D eigenvalue weighted by Gasteiger charge is -2.28. The van der Waals surface area contributed by atoms with Crippen LogP contribution in [0.25, 0.3) is 10.9 Å². The summed E-state index contributed by atoms with van der Waals surface area (Å²) >= 11 is 0. The number of unbranched alkanes of at least 4 members (excludes halogenated alkanes) is 1. The fraction of sp³-hybridized carbons (Fsp3) is 0.407. The van der Waals surface area contributed by atoms with Crippen LogP contribution in [0.4, 0.5) is 0 Å². The SMILES string of the molecule is CCCCN(CC(=O)N(CCc1c[nH]c2ccccc12)Cc1ccccc1)C(=O)C1CC1. The van der Waals surface area contributed by atoms with Crippen molar-refractivity contribution in [1.29, 1.82) is 0 Å². The van der Waals surface area contributed by atoms with Crippen molar-refractivity contribution < 1.29 is 9.59 Å². The molecule has 0 bridgehead atoms. The molecular weight excluding hydrogens is 398 g/mol. The Balaban J connectivity index is 1.48. The van der Waals surface area contributed by atoms with Crippen molar-refractivity contribution >= 4 is 22.7 Å². The van der Waals surface area contributed by atoms with E-state index in [0.29, 0.717) is 19.6 Å². The first kappa shape index (κ1) is 22.1. The second-order valence-electron chi connectivity index (χ2n) is 8.80. The number of carbonyl (C=O) groups excluding carboxylic acids is 2. The van der Waals surface area contributed by atoms with Crippen molar-refractivity contribution in [2.24, 2.45) is 5.92 Å². The van der Waals surface area contributed by atoms with E-state index in [9.17, 15) is 9.59 Å². The Morgan fingerprint density at radius 3 is 2.47 bits per heavy atom. The summed E-state index contributed by atoms with van der Waals surface area (Å²) in [5, 5.41) is 1.20. The summed E-state index contributed by atoms with van der Waals surface area (Å²) in [6, 6.07) is 18.3. The summed E-state index contributed by atoms with van der Waals surface area (Å²) in [5.41, 5.74) is 3.43. The molecule has 0 spiro atoms. The summed E-state index contributed by atoms with van der Waals surface area (Å²) in [4.78, 5) is 33.2. The number of nitrogens with one attached hydrogen (secondary N) is 1. The molecule has 0 atom stereocenters. The summed E-state index contributed by atoms with van der Waals surface area (Å²) in [6.45, 7) is 4.13. The van der Waals surface area contributed by atoms with Gasteiger partial charge in [0.1, 0.15) is 0 Å². The van der Waals surface area contributed by atoms with Crippen LogP contribution in [-0.4, -0.2) is 46.2 Å². The maximum Gasteiger partial charge on any atom is 0.242 e. The molecule has 2 amide bonds. The highest BCUT2D eigenvalue weighted by Gasteiger charge is 2.34. The normalized spacial score (nSPS) is 13.3. The number of carbonyl (C=O) groups is 2. The number of aromatic amines is 1. The van der Waals surface area contributed by atoms with E-state index in [1.54, 1.807) is 4.90 Å². The van der Waals surface area contributed by atoms with Gasteiger partial charge in [0, 0.05) is 42.7 Å². The van der Waals surface area contributed by atoms with Crippen molar-refractivity contribution in [1.82, 2.24) is 14.8 Å². The Morgan fingerprint density at radius 1 is 0.969 bits per heavy atom. The van der Waals surface area contributed by atoms with Crippen LogP contribution < -0.4 is 0 Å². The minimum Gasteiger partial charge on any atom is -0.361 e. The Kier molecular flexibility index (Phi) is 7.25. The van der Waals surface area contributed by atoms with Gasteiger partial charge in [0.15, 0.2) is 0 Å². The van der Waals surface area contributed by atoms with E-state index < -0.39 is 0 Å². The van der Waals surface area contributed by atoms with E-state index in [1.165, 1.54) is 10.9 Å². The van der Waals surface area contributed by atoms with E-state index in [-0.39, 0.29) is 24.3 Å². The largest absolute Gasteiger partial charge is 0.361 e. The molecule has 1 aromatic heterocycles. The van der Waals surface area contributed by atoms with Crippen LogP contribution in [0.5, 0.6) is 0 Å². The summed E-state index contributed by atoms with van der Waals surface area (Å²) < 4.78 is 0. The van der Waals surface area contributed by atoms with Crippen molar-refractivity contribution in [2.75, 3.05) is 19.6 Å². The Morgan fingerprint density at radius 2 is 1.72 bits per heavy atom. The minimum absolute atomic E-state index is 0.0267. The molecule has 4 rings (SSSR count). The zero-order chi connectivity index (χ0) is 22.3. The molecule has 1 aliphatic rings. The molecule has 3 aromatic rings. The molecule has 1 saturated carbocycles. The second-order valence-corrected chi connectivity index (χ2v) is 8.80. The Bertz CT molecular complexity index is 1040. The molecule has 168 valence electrons. The lowest BCUT2D eigenvalue weighted by Crippen LogP contribution is -2.44. The van der Waals surface area contributed by atoms with Gasteiger partial charge in [0.05, 0.1) is 6.54 Å². The van der Waals surface area contributed by atoms with Crippen molar-refractivity contribution in [3.8, 4) is 0 Å². The first-order valence-electron chi connectivity index (χ1n) is 11.8. The average molecular weight is 432 g/mol. The molecule has 32 heavy (non-hydrogen) atoms. The smallest absolute Gasteiger partial charge is 0.242 e. The predicted octanol–water partition coefficient (Wildman–Crippen LogP) is 4.78. The van der Waals surface area contributed by atoms with E-state index in [1.807, 2.05) is 41.4 Å². The van der Waals surface area contributed by atoms with E-state index in [4.69, 9.17) is 0 Å². The molecule has 0 unspecified atom stereocenters. The lowest BCUT2D eigenvalue weighted by molar-refractivity contribution is -0.141. The van der Waals surface area contributed by atoms with Gasteiger partial charge >= 0.3 is 0 Å². The van der Waals surface area contributed by atoms with Crippen LogP contribution in [0.15, 0.2) is 60.8 Å². The van der Waals surface area contributed by atoms with Gasteiger partial charge in [-0.05, 0) is 42.9 Å². The Hall–Kier alpha value is -3.08. The molecule has 2 aromatic carbocycles. The number of rotatable bonds is 11. The molecule has 0 saturated heterocycles. The highest BCUT2D eigenvalue weighted by molar-refractivity contribution is 5.87. The van der Waals surface area contributed by atoms with Gasteiger partial charge < -0.3 is 14.8 Å². The zero-order valence-electron chi connectivity index (χ0n) is 18.9. The maximum atomic E-state index is 13.4. The number of amides is 2. The fourth-order valence-corrected chi connectivity index (χ4v) is 4.16. The van der Waals surface area contributed by atoms with Gasteiger partial charge in [-0.3, -0.25) is 9.59 Å². The summed E-state index contributed by atoms with van der Waals surface area (Å²) in [7, 11) is 0. The number of H-pyrrole nitrogens is 1. The molecular formula is C27H33N3O2. The molecule has 5 heteroatoms. The second kappa shape index (κ2) is 10.5. The third-order valence-corrected chi connectivity index (χ3v) is 6.24. The van der Waals surface area contributed by atoms with Gasteiger partial charge in [-0.25, -0.2) is 0 Å². The first-order chi connectivity index (χ1) is 15.7. The standard InChI is InChI=1S/C27H33N3O2/c1-2-3-16-30(27(32)22-13-14-22)20-26(31)29(19-21-9-5-4-6-10-21)17-15-23-18-28-25-12-8-7-11-24(23)25/h4-12,18,22,28H,2-3,13-17,19-20H2,1H3. The van der Waals surface area contributed by atoms with E-state index in [0.717, 1.165) is 43.2 Å². The quantitative estimate of drug-likeness (QED) is 0.475. The number of fused-ring (bicyclic) bond motifs is 1. The molecule has 1 aliphatic carbocycles. The summed E-state index contributed by atoms with van der Waals surface area (Å²) in [6.07, 6.45) is 6.68. The topological polar surface area (TPSA) is 56.4 Å². The van der Waals surface area contributed by atoms with Gasteiger partial charge in [-0.2, -0.15) is 0 Å². The van der Waals surface area contributed by atoms with Crippen LogP contribution in [-0.2, 0) is 22.6 Å². The van der Waals surface area contributed by atoms with Gasteiger partial charge in [0.25, 0.3) is 0 Å². The maximum absolute atomic E-state index is 13.4. The average Bonchev–Trinajstić information content (AvgIpc) is 3.60.